The number of benzene rings is 1. The second-order valence-corrected chi connectivity index (χ2v) is 5.20. The van der Waals surface area contributed by atoms with Gasteiger partial charge < -0.3 is 5.11 Å². The summed E-state index contributed by atoms with van der Waals surface area (Å²) in [7, 11) is -4.18. The average molecular weight is 279 g/mol. The fourth-order valence-electron chi connectivity index (χ4n) is 1.21. The van der Waals surface area contributed by atoms with Gasteiger partial charge in [0, 0.05) is 12.6 Å². The quantitative estimate of drug-likeness (QED) is 0.852. The number of hydrogen-bond acceptors (Lipinski definition) is 3. The molecule has 0 heterocycles. The average Bonchev–Trinajstić information content (AvgIpc) is 2.25. The van der Waals surface area contributed by atoms with Crippen LogP contribution in [0.25, 0.3) is 0 Å². The van der Waals surface area contributed by atoms with Crippen LogP contribution in [0.2, 0.25) is 0 Å². The third kappa shape index (κ3) is 3.02. The number of aromatic carboxylic acids is 1. The number of halogens is 2. The minimum absolute atomic E-state index is 0.0710. The lowest BCUT2D eigenvalue weighted by Crippen LogP contribution is -2.25. The molecule has 2 N–H and O–H groups in total. The van der Waals surface area contributed by atoms with E-state index >= 15 is 0 Å². The summed E-state index contributed by atoms with van der Waals surface area (Å²) < 4.78 is 51.8. The lowest BCUT2D eigenvalue weighted by molar-refractivity contribution is 0.0691. The molecule has 100 valence electrons. The molecule has 0 bridgehead atoms. The Kier molecular flexibility index (Phi) is 4.36. The summed E-state index contributed by atoms with van der Waals surface area (Å²) in [4.78, 5) is 9.77. The Bertz CT molecular complexity index is 571. The van der Waals surface area contributed by atoms with Crippen LogP contribution in [0.4, 0.5) is 8.78 Å². The predicted octanol–water partition coefficient (Wildman–Crippen LogP) is 1.35. The zero-order chi connectivity index (χ0) is 13.9. The first-order chi connectivity index (χ1) is 8.29. The molecule has 0 amide bonds. The molecule has 0 unspecified atom stereocenters. The Morgan fingerprint density at radius 1 is 1.33 bits per heavy atom. The Morgan fingerprint density at radius 2 is 1.94 bits per heavy atom. The summed E-state index contributed by atoms with van der Waals surface area (Å²) in [6.45, 7) is 1.77. The molecule has 5 nitrogen and oxygen atoms in total. The third-order valence-corrected chi connectivity index (χ3v) is 3.56. The molecule has 1 aromatic carbocycles. The lowest BCUT2D eigenvalue weighted by atomic mass is 10.2. The monoisotopic (exact) mass is 279 g/mol. The van der Waals surface area contributed by atoms with Crippen LogP contribution in [0.15, 0.2) is 17.0 Å². The summed E-state index contributed by atoms with van der Waals surface area (Å²) in [5.41, 5.74) is -0.895. The molecular formula is C10H11F2NO4S. The molecule has 1 aromatic rings. The highest BCUT2D eigenvalue weighted by Gasteiger charge is 2.23. The maximum Gasteiger partial charge on any atom is 0.338 e. The largest absolute Gasteiger partial charge is 0.478 e. The van der Waals surface area contributed by atoms with Crippen molar-refractivity contribution >= 4 is 16.0 Å². The van der Waals surface area contributed by atoms with Crippen LogP contribution in [-0.2, 0) is 10.0 Å². The van der Waals surface area contributed by atoms with Crippen LogP contribution < -0.4 is 4.72 Å². The fourth-order valence-corrected chi connectivity index (χ4v) is 2.43. The first-order valence-electron chi connectivity index (χ1n) is 5.01. The van der Waals surface area contributed by atoms with Crippen molar-refractivity contribution in [2.24, 2.45) is 0 Å². The van der Waals surface area contributed by atoms with Gasteiger partial charge in [-0.3, -0.25) is 0 Å². The second kappa shape index (κ2) is 5.40. The highest BCUT2D eigenvalue weighted by atomic mass is 32.2. The molecule has 0 aliphatic carbocycles. The summed E-state index contributed by atoms with van der Waals surface area (Å²) in [6.07, 6.45) is 0.480. The van der Waals surface area contributed by atoms with E-state index in [9.17, 15) is 22.0 Å². The van der Waals surface area contributed by atoms with E-state index in [1.165, 1.54) is 0 Å². The molecule has 18 heavy (non-hydrogen) atoms. The van der Waals surface area contributed by atoms with Crippen molar-refractivity contribution in [2.75, 3.05) is 6.54 Å². The van der Waals surface area contributed by atoms with Crippen molar-refractivity contribution in [1.29, 1.82) is 0 Å². The number of sulfonamides is 1. The molecule has 0 aliphatic rings. The smallest absolute Gasteiger partial charge is 0.338 e. The molecule has 0 atom stereocenters. The first-order valence-corrected chi connectivity index (χ1v) is 6.50. The second-order valence-electron chi connectivity index (χ2n) is 3.47. The van der Waals surface area contributed by atoms with E-state index in [4.69, 9.17) is 5.11 Å². The van der Waals surface area contributed by atoms with Crippen LogP contribution in [0.1, 0.15) is 23.7 Å². The van der Waals surface area contributed by atoms with E-state index in [1.807, 2.05) is 0 Å². The van der Waals surface area contributed by atoms with E-state index in [-0.39, 0.29) is 12.6 Å². The van der Waals surface area contributed by atoms with Crippen LogP contribution in [-0.4, -0.2) is 26.0 Å². The minimum Gasteiger partial charge on any atom is -0.478 e. The Morgan fingerprint density at radius 3 is 2.44 bits per heavy atom. The Hall–Kier alpha value is -1.54. The van der Waals surface area contributed by atoms with Crippen LogP contribution >= 0.6 is 0 Å². The number of carbonyl (C=O) groups is 1. The van der Waals surface area contributed by atoms with E-state index in [0.717, 1.165) is 0 Å². The Balaban J connectivity index is 3.33. The number of rotatable bonds is 5. The molecule has 8 heteroatoms. The maximum absolute atomic E-state index is 13.4. The van der Waals surface area contributed by atoms with Gasteiger partial charge in [-0.2, -0.15) is 0 Å². The summed E-state index contributed by atoms with van der Waals surface area (Å²) in [5, 5.41) is 8.65. The molecule has 0 aromatic heterocycles. The minimum atomic E-state index is -4.18. The number of carboxylic acid groups (broad SMARTS) is 1. The molecule has 1 rings (SSSR count). The van der Waals surface area contributed by atoms with Crippen molar-refractivity contribution in [3.05, 3.63) is 29.3 Å². The van der Waals surface area contributed by atoms with Crippen molar-refractivity contribution in [2.45, 2.75) is 18.2 Å². The Labute approximate surface area is 102 Å². The van der Waals surface area contributed by atoms with Gasteiger partial charge in [0.25, 0.3) is 0 Å². The zero-order valence-corrected chi connectivity index (χ0v) is 10.2. The fraction of sp³-hybridized carbons (Fsp3) is 0.300. The van der Waals surface area contributed by atoms with Gasteiger partial charge >= 0.3 is 5.97 Å². The molecule has 0 saturated heterocycles. The lowest BCUT2D eigenvalue weighted by Gasteiger charge is -2.08. The molecule has 0 radical (unpaired) electrons. The normalized spacial score (nSPS) is 11.5. The van der Waals surface area contributed by atoms with Gasteiger partial charge in [0.1, 0.15) is 16.5 Å². The van der Waals surface area contributed by atoms with Gasteiger partial charge in [-0.25, -0.2) is 26.7 Å². The molecule has 0 fully saturated rings. The van der Waals surface area contributed by atoms with Gasteiger partial charge in [0.2, 0.25) is 10.0 Å². The van der Waals surface area contributed by atoms with Crippen molar-refractivity contribution in [3.8, 4) is 0 Å². The predicted molar refractivity (Wildman–Crippen MR) is 58.8 cm³/mol. The highest BCUT2D eigenvalue weighted by molar-refractivity contribution is 7.89. The van der Waals surface area contributed by atoms with Gasteiger partial charge in [-0.15, -0.1) is 0 Å². The van der Waals surface area contributed by atoms with Crippen LogP contribution in [0, 0.1) is 11.6 Å². The topological polar surface area (TPSA) is 83.5 Å². The number of carboxylic acids is 1. The highest BCUT2D eigenvalue weighted by Crippen LogP contribution is 2.19. The van der Waals surface area contributed by atoms with E-state index in [1.54, 1.807) is 6.92 Å². The summed E-state index contributed by atoms with van der Waals surface area (Å²) in [5.74, 6) is -4.32. The van der Waals surface area contributed by atoms with Crippen molar-refractivity contribution in [3.63, 3.8) is 0 Å². The first kappa shape index (κ1) is 14.5. The molecule has 0 spiro atoms. The van der Waals surface area contributed by atoms with Crippen molar-refractivity contribution in [1.82, 2.24) is 4.72 Å². The maximum atomic E-state index is 13.4. The van der Waals surface area contributed by atoms with E-state index in [0.29, 0.717) is 12.5 Å². The number of hydrogen-bond donors (Lipinski definition) is 2. The van der Waals surface area contributed by atoms with Gasteiger partial charge in [0.05, 0.1) is 5.56 Å². The zero-order valence-electron chi connectivity index (χ0n) is 9.41. The molecular weight excluding hydrogens is 268 g/mol. The SMILES string of the molecule is CCCNS(=O)(=O)c1cc(C(=O)O)c(F)cc1F. The molecule has 0 saturated carbocycles. The third-order valence-electron chi connectivity index (χ3n) is 2.08. The standard InChI is InChI=1S/C10H11F2NO4S/c1-2-3-13-18(16,17)9-4-6(10(14)15)7(11)5-8(9)12/h4-5,13H,2-3H2,1H3,(H,14,15). The van der Waals surface area contributed by atoms with Gasteiger partial charge in [-0.05, 0) is 12.5 Å². The number of nitrogens with one attached hydrogen (secondary N) is 1. The molecule has 0 aliphatic heterocycles. The van der Waals surface area contributed by atoms with Gasteiger partial charge in [-0.1, -0.05) is 6.92 Å². The van der Waals surface area contributed by atoms with Crippen molar-refractivity contribution < 1.29 is 27.1 Å². The van der Waals surface area contributed by atoms with Gasteiger partial charge in [0.15, 0.2) is 0 Å². The summed E-state index contributed by atoms with van der Waals surface area (Å²) >= 11 is 0. The van der Waals surface area contributed by atoms with Crippen LogP contribution in [0.5, 0.6) is 0 Å². The van der Waals surface area contributed by atoms with E-state index in [2.05, 4.69) is 4.72 Å². The van der Waals surface area contributed by atoms with Crippen LogP contribution in [0.3, 0.4) is 0 Å². The van der Waals surface area contributed by atoms with E-state index < -0.39 is 38.1 Å². The summed E-state index contributed by atoms with van der Waals surface area (Å²) in [6, 6.07) is 0.703.